The fourth-order valence-electron chi connectivity index (χ4n) is 6.51. The number of thiophene rings is 1. The molecule has 0 unspecified atom stereocenters. The molecule has 7 rings (SSSR count). The number of rotatable bonds is 8. The molecule has 1 fully saturated rings. The van der Waals surface area contributed by atoms with E-state index in [1.54, 1.807) is 17.7 Å². The summed E-state index contributed by atoms with van der Waals surface area (Å²) in [6.45, 7) is 8.87. The average Bonchev–Trinajstić information content (AvgIpc) is 3.40. The smallest absolute Gasteiger partial charge is 0.262 e. The SMILES string of the molecule is O=c1c2c3c(sc2ncn1CCCN1CCN(c2cccc4ccccc24)CC1)CN(CCc1ccccc1)CC3. The van der Waals surface area contributed by atoms with Crippen LogP contribution in [0.4, 0.5) is 5.69 Å². The molecule has 0 N–H and O–H groups in total. The number of anilines is 1. The summed E-state index contributed by atoms with van der Waals surface area (Å²) in [6, 6.07) is 26.0. The van der Waals surface area contributed by atoms with Crippen LogP contribution in [0, 0.1) is 0 Å². The fourth-order valence-corrected chi connectivity index (χ4v) is 7.74. The van der Waals surface area contributed by atoms with Crippen LogP contribution in [0.1, 0.15) is 22.4 Å². The van der Waals surface area contributed by atoms with E-state index >= 15 is 0 Å². The summed E-state index contributed by atoms with van der Waals surface area (Å²) in [5.41, 5.74) is 4.11. The second-order valence-electron chi connectivity index (χ2n) is 11.4. The van der Waals surface area contributed by atoms with E-state index in [9.17, 15) is 4.79 Å². The Morgan fingerprint density at radius 2 is 1.59 bits per heavy atom. The molecule has 7 heteroatoms. The van der Waals surface area contributed by atoms with Crippen molar-refractivity contribution in [1.29, 1.82) is 0 Å². The third kappa shape index (κ3) is 5.54. The molecule has 210 valence electrons. The van der Waals surface area contributed by atoms with Crippen LogP contribution in [0.2, 0.25) is 0 Å². The molecule has 6 nitrogen and oxygen atoms in total. The molecule has 0 bridgehead atoms. The van der Waals surface area contributed by atoms with E-state index in [0.29, 0.717) is 0 Å². The third-order valence-corrected chi connectivity index (χ3v) is 9.94. The second-order valence-corrected chi connectivity index (χ2v) is 12.5. The highest BCUT2D eigenvalue weighted by Gasteiger charge is 2.24. The van der Waals surface area contributed by atoms with Gasteiger partial charge in [0.05, 0.1) is 11.7 Å². The molecular weight excluding hydrogens is 526 g/mol. The van der Waals surface area contributed by atoms with Gasteiger partial charge in [0.2, 0.25) is 0 Å². The zero-order valence-corrected chi connectivity index (χ0v) is 24.4. The van der Waals surface area contributed by atoms with Crippen LogP contribution in [0.5, 0.6) is 0 Å². The standard InChI is InChI=1S/C34H37N5OS/c40-34-32-29-15-19-37(18-14-26-8-2-1-3-9-26)24-31(29)41-33(32)35-25-39(34)17-7-16-36-20-22-38(23-21-36)30-13-6-11-27-10-4-5-12-28(27)30/h1-6,8-13,25H,7,14-24H2. The van der Waals surface area contributed by atoms with E-state index in [-0.39, 0.29) is 5.56 Å². The van der Waals surface area contributed by atoms with E-state index in [0.717, 1.165) is 88.4 Å². The van der Waals surface area contributed by atoms with Gasteiger partial charge >= 0.3 is 0 Å². The number of benzene rings is 3. The minimum absolute atomic E-state index is 0.144. The Bertz CT molecular complexity index is 1700. The van der Waals surface area contributed by atoms with Crippen LogP contribution < -0.4 is 10.5 Å². The van der Waals surface area contributed by atoms with Crippen molar-refractivity contribution in [2.24, 2.45) is 0 Å². The largest absolute Gasteiger partial charge is 0.368 e. The lowest BCUT2D eigenvalue weighted by Crippen LogP contribution is -2.46. The topological polar surface area (TPSA) is 44.6 Å². The van der Waals surface area contributed by atoms with Gasteiger partial charge in [-0.1, -0.05) is 66.7 Å². The molecule has 1 saturated heterocycles. The van der Waals surface area contributed by atoms with Gasteiger partial charge in [-0.3, -0.25) is 19.2 Å². The highest BCUT2D eigenvalue weighted by molar-refractivity contribution is 7.18. The summed E-state index contributed by atoms with van der Waals surface area (Å²) < 4.78 is 1.85. The molecule has 0 spiro atoms. The first-order valence-corrected chi connectivity index (χ1v) is 15.8. The average molecular weight is 564 g/mol. The van der Waals surface area contributed by atoms with Crippen LogP contribution in [-0.2, 0) is 25.9 Å². The van der Waals surface area contributed by atoms with Gasteiger partial charge in [0.15, 0.2) is 0 Å². The first kappa shape index (κ1) is 26.4. The number of hydrogen-bond donors (Lipinski definition) is 0. The van der Waals surface area contributed by atoms with Gasteiger partial charge in [-0.15, -0.1) is 11.3 Å². The van der Waals surface area contributed by atoms with Crippen molar-refractivity contribution >= 4 is 38.0 Å². The maximum Gasteiger partial charge on any atom is 0.262 e. The van der Waals surface area contributed by atoms with E-state index in [1.165, 1.54) is 32.5 Å². The molecule has 4 heterocycles. The van der Waals surface area contributed by atoms with Crippen LogP contribution >= 0.6 is 11.3 Å². The zero-order chi connectivity index (χ0) is 27.6. The van der Waals surface area contributed by atoms with Gasteiger partial charge in [0, 0.05) is 68.3 Å². The van der Waals surface area contributed by atoms with Gasteiger partial charge < -0.3 is 4.90 Å². The maximum absolute atomic E-state index is 13.5. The monoisotopic (exact) mass is 563 g/mol. The lowest BCUT2D eigenvalue weighted by atomic mass is 10.0. The third-order valence-electron chi connectivity index (χ3n) is 8.82. The lowest BCUT2D eigenvalue weighted by Gasteiger charge is -2.36. The number of aryl methyl sites for hydroxylation is 1. The normalized spacial score (nSPS) is 16.4. The number of hydrogen-bond acceptors (Lipinski definition) is 6. The number of piperazine rings is 1. The summed E-state index contributed by atoms with van der Waals surface area (Å²) in [6.07, 6.45) is 4.73. The molecule has 0 aliphatic carbocycles. The first-order valence-electron chi connectivity index (χ1n) is 14.9. The Balaban J connectivity index is 0.948. The molecule has 0 saturated carbocycles. The zero-order valence-electron chi connectivity index (χ0n) is 23.5. The van der Waals surface area contributed by atoms with Gasteiger partial charge in [0.25, 0.3) is 5.56 Å². The summed E-state index contributed by atoms with van der Waals surface area (Å²) in [5.74, 6) is 0. The Hall–Kier alpha value is -3.52. The minimum Gasteiger partial charge on any atom is -0.368 e. The number of nitrogens with zero attached hydrogens (tertiary/aromatic N) is 5. The van der Waals surface area contributed by atoms with E-state index < -0.39 is 0 Å². The second kappa shape index (κ2) is 11.8. The summed E-state index contributed by atoms with van der Waals surface area (Å²) in [5, 5.41) is 3.51. The highest BCUT2D eigenvalue weighted by Crippen LogP contribution is 2.32. The predicted molar refractivity (Wildman–Crippen MR) is 170 cm³/mol. The van der Waals surface area contributed by atoms with Crippen molar-refractivity contribution in [2.45, 2.75) is 32.4 Å². The number of fused-ring (bicyclic) bond motifs is 4. The molecule has 5 aromatic rings. The summed E-state index contributed by atoms with van der Waals surface area (Å²) in [4.78, 5) is 28.1. The van der Waals surface area contributed by atoms with Gasteiger partial charge in [0.1, 0.15) is 4.83 Å². The molecule has 0 radical (unpaired) electrons. The van der Waals surface area contributed by atoms with Crippen LogP contribution in [-0.4, -0.2) is 65.2 Å². The molecule has 2 aromatic heterocycles. The van der Waals surface area contributed by atoms with Gasteiger partial charge in [-0.05, 0) is 48.4 Å². The predicted octanol–water partition coefficient (Wildman–Crippen LogP) is 5.42. The van der Waals surface area contributed by atoms with Crippen LogP contribution in [0.3, 0.4) is 0 Å². The fraction of sp³-hybridized carbons (Fsp3) is 0.353. The summed E-state index contributed by atoms with van der Waals surface area (Å²) in [7, 11) is 0. The van der Waals surface area contributed by atoms with E-state index in [4.69, 9.17) is 4.98 Å². The molecule has 41 heavy (non-hydrogen) atoms. The van der Waals surface area contributed by atoms with E-state index in [2.05, 4.69) is 87.5 Å². The van der Waals surface area contributed by atoms with Crippen molar-refractivity contribution < 1.29 is 0 Å². The van der Waals surface area contributed by atoms with Crippen LogP contribution in [0.25, 0.3) is 21.0 Å². The van der Waals surface area contributed by atoms with E-state index in [1.807, 2.05) is 4.57 Å². The van der Waals surface area contributed by atoms with Crippen molar-refractivity contribution in [3.05, 3.63) is 105 Å². The quantitative estimate of drug-likeness (QED) is 0.252. The molecule has 2 aliphatic heterocycles. The molecule has 0 atom stereocenters. The van der Waals surface area contributed by atoms with Gasteiger partial charge in [-0.2, -0.15) is 0 Å². The Morgan fingerprint density at radius 1 is 0.780 bits per heavy atom. The summed E-state index contributed by atoms with van der Waals surface area (Å²) >= 11 is 1.71. The molecule has 2 aliphatic rings. The first-order chi connectivity index (χ1) is 20.2. The number of aromatic nitrogens is 2. The van der Waals surface area contributed by atoms with Crippen LogP contribution in [0.15, 0.2) is 83.9 Å². The Morgan fingerprint density at radius 3 is 2.46 bits per heavy atom. The van der Waals surface area contributed by atoms with Gasteiger partial charge in [-0.25, -0.2) is 4.98 Å². The van der Waals surface area contributed by atoms with Crippen molar-refractivity contribution in [3.63, 3.8) is 0 Å². The highest BCUT2D eigenvalue weighted by atomic mass is 32.1. The Labute approximate surface area is 245 Å². The minimum atomic E-state index is 0.144. The molecule has 3 aromatic carbocycles. The molecular formula is C34H37N5OS. The lowest BCUT2D eigenvalue weighted by molar-refractivity contribution is 0.250. The van der Waals surface area contributed by atoms with Crippen molar-refractivity contribution in [1.82, 2.24) is 19.4 Å². The maximum atomic E-state index is 13.5. The van der Waals surface area contributed by atoms with Crippen molar-refractivity contribution in [2.75, 3.05) is 50.7 Å². The Kier molecular flexibility index (Phi) is 7.57. The molecule has 0 amide bonds. The van der Waals surface area contributed by atoms with Crippen molar-refractivity contribution in [3.8, 4) is 0 Å².